The topological polar surface area (TPSA) is 70.6 Å². The highest BCUT2D eigenvalue weighted by atomic mass is 32.2. The standard InChI is InChI=1S/C17H23N3O3S/c1-12-4-5-18-8-14(12)17(21)20-7-6-19(9-13-2-3-13)15-10-24(22,23)11-16(15)20/h4-5,8,13,15-16H,2-3,6-7,9-11H2,1H3. The zero-order chi connectivity index (χ0) is 16.9. The maximum absolute atomic E-state index is 13.0. The molecule has 1 aromatic heterocycles. The Morgan fingerprint density at radius 1 is 1.25 bits per heavy atom. The maximum Gasteiger partial charge on any atom is 0.256 e. The molecule has 3 fully saturated rings. The second-order valence-electron chi connectivity index (χ2n) is 7.34. The number of fused-ring (bicyclic) bond motifs is 1. The van der Waals surface area contributed by atoms with Gasteiger partial charge in [0.05, 0.1) is 23.1 Å². The Morgan fingerprint density at radius 2 is 2.00 bits per heavy atom. The van der Waals surface area contributed by atoms with Crippen molar-refractivity contribution in [1.29, 1.82) is 0 Å². The van der Waals surface area contributed by atoms with E-state index in [1.54, 1.807) is 17.3 Å². The van der Waals surface area contributed by atoms with E-state index >= 15 is 0 Å². The SMILES string of the molecule is Cc1ccncc1C(=O)N1CCN(CC2CC2)C2CS(=O)(=O)CC21. The van der Waals surface area contributed by atoms with Crippen molar-refractivity contribution in [2.75, 3.05) is 31.1 Å². The van der Waals surface area contributed by atoms with Crippen molar-refractivity contribution in [1.82, 2.24) is 14.8 Å². The van der Waals surface area contributed by atoms with Crippen molar-refractivity contribution in [3.05, 3.63) is 29.6 Å². The van der Waals surface area contributed by atoms with Crippen LogP contribution < -0.4 is 0 Å². The van der Waals surface area contributed by atoms with Gasteiger partial charge >= 0.3 is 0 Å². The lowest BCUT2D eigenvalue weighted by Crippen LogP contribution is -2.60. The first kappa shape index (κ1) is 16.0. The van der Waals surface area contributed by atoms with E-state index in [-0.39, 0.29) is 29.5 Å². The molecule has 1 saturated carbocycles. The minimum atomic E-state index is -3.09. The molecule has 4 rings (SSSR count). The monoisotopic (exact) mass is 349 g/mol. The minimum absolute atomic E-state index is 0.0507. The molecule has 0 radical (unpaired) electrons. The molecule has 24 heavy (non-hydrogen) atoms. The van der Waals surface area contributed by atoms with Crippen LogP contribution in [0, 0.1) is 12.8 Å². The Kier molecular flexibility index (Phi) is 3.88. The molecule has 0 N–H and O–H groups in total. The summed E-state index contributed by atoms with van der Waals surface area (Å²) >= 11 is 0. The normalized spacial score (nSPS) is 29.5. The van der Waals surface area contributed by atoms with E-state index in [4.69, 9.17) is 0 Å². The van der Waals surface area contributed by atoms with Gasteiger partial charge in [0.25, 0.3) is 5.91 Å². The Labute approximate surface area is 142 Å². The number of nitrogens with zero attached hydrogens (tertiary/aromatic N) is 3. The number of carbonyl (C=O) groups excluding carboxylic acids is 1. The van der Waals surface area contributed by atoms with Gasteiger partial charge in [-0.05, 0) is 37.3 Å². The molecule has 2 saturated heterocycles. The first-order chi connectivity index (χ1) is 11.4. The molecule has 2 unspecified atom stereocenters. The lowest BCUT2D eigenvalue weighted by molar-refractivity contribution is 0.0317. The Morgan fingerprint density at radius 3 is 2.71 bits per heavy atom. The summed E-state index contributed by atoms with van der Waals surface area (Å²) in [5.74, 6) is 0.903. The van der Waals surface area contributed by atoms with Crippen LogP contribution in [0.5, 0.6) is 0 Å². The van der Waals surface area contributed by atoms with Crippen molar-refractivity contribution >= 4 is 15.7 Å². The molecule has 2 atom stereocenters. The molecule has 7 heteroatoms. The fraction of sp³-hybridized carbons (Fsp3) is 0.647. The summed E-state index contributed by atoms with van der Waals surface area (Å²) in [6.45, 7) is 4.22. The Balaban J connectivity index is 1.60. The van der Waals surface area contributed by atoms with Gasteiger partial charge in [0, 0.05) is 38.1 Å². The highest BCUT2D eigenvalue weighted by Gasteiger charge is 2.48. The number of piperazine rings is 1. The lowest BCUT2D eigenvalue weighted by atomic mass is 10.0. The summed E-state index contributed by atoms with van der Waals surface area (Å²) in [6, 6.07) is 1.54. The smallest absolute Gasteiger partial charge is 0.256 e. The predicted molar refractivity (Wildman–Crippen MR) is 90.5 cm³/mol. The highest BCUT2D eigenvalue weighted by Crippen LogP contribution is 2.34. The number of aryl methyl sites for hydroxylation is 1. The molecule has 3 aliphatic rings. The zero-order valence-electron chi connectivity index (χ0n) is 13.9. The van der Waals surface area contributed by atoms with Crippen LogP contribution in [-0.4, -0.2) is 72.3 Å². The number of sulfone groups is 1. The van der Waals surface area contributed by atoms with Gasteiger partial charge in [-0.25, -0.2) is 8.42 Å². The predicted octanol–water partition coefficient (Wildman–Crippen LogP) is 0.723. The summed E-state index contributed by atoms with van der Waals surface area (Å²) in [5, 5.41) is 0. The van der Waals surface area contributed by atoms with Gasteiger partial charge in [-0.15, -0.1) is 0 Å². The van der Waals surface area contributed by atoms with E-state index in [1.165, 1.54) is 12.8 Å². The quantitative estimate of drug-likeness (QED) is 0.804. The van der Waals surface area contributed by atoms with Gasteiger partial charge in [0.2, 0.25) is 0 Å². The van der Waals surface area contributed by atoms with Crippen LogP contribution in [-0.2, 0) is 9.84 Å². The van der Waals surface area contributed by atoms with Gasteiger partial charge in [-0.2, -0.15) is 0 Å². The molecular formula is C17H23N3O3S. The Bertz CT molecular complexity index is 760. The van der Waals surface area contributed by atoms with Gasteiger partial charge < -0.3 is 4.90 Å². The number of carbonyl (C=O) groups is 1. The second kappa shape index (κ2) is 5.81. The van der Waals surface area contributed by atoms with Crippen molar-refractivity contribution in [3.8, 4) is 0 Å². The van der Waals surface area contributed by atoms with E-state index in [1.807, 2.05) is 13.0 Å². The summed E-state index contributed by atoms with van der Waals surface area (Å²) in [7, 11) is -3.09. The lowest BCUT2D eigenvalue weighted by Gasteiger charge is -2.44. The van der Waals surface area contributed by atoms with Crippen molar-refractivity contribution in [3.63, 3.8) is 0 Å². The minimum Gasteiger partial charge on any atom is -0.332 e. The molecule has 6 nitrogen and oxygen atoms in total. The summed E-state index contributed by atoms with van der Waals surface area (Å²) in [4.78, 5) is 21.1. The zero-order valence-corrected chi connectivity index (χ0v) is 14.7. The van der Waals surface area contributed by atoms with E-state index in [0.29, 0.717) is 12.1 Å². The summed E-state index contributed by atoms with van der Waals surface area (Å²) in [5.41, 5.74) is 1.46. The number of aromatic nitrogens is 1. The van der Waals surface area contributed by atoms with Crippen LogP contribution in [0.25, 0.3) is 0 Å². The number of hydrogen-bond acceptors (Lipinski definition) is 5. The average Bonchev–Trinajstić information content (AvgIpc) is 3.28. The van der Waals surface area contributed by atoms with Crippen LogP contribution in [0.1, 0.15) is 28.8 Å². The molecular weight excluding hydrogens is 326 g/mol. The second-order valence-corrected chi connectivity index (χ2v) is 9.49. The largest absolute Gasteiger partial charge is 0.332 e. The first-order valence-electron chi connectivity index (χ1n) is 8.61. The van der Waals surface area contributed by atoms with Crippen molar-refractivity contribution in [2.24, 2.45) is 5.92 Å². The molecule has 3 heterocycles. The number of hydrogen-bond donors (Lipinski definition) is 0. The molecule has 1 aromatic rings. The Hall–Kier alpha value is -1.47. The van der Waals surface area contributed by atoms with Crippen molar-refractivity contribution < 1.29 is 13.2 Å². The van der Waals surface area contributed by atoms with Crippen LogP contribution in [0.4, 0.5) is 0 Å². The molecule has 0 bridgehead atoms. The van der Waals surface area contributed by atoms with Crippen LogP contribution in [0.15, 0.2) is 18.5 Å². The van der Waals surface area contributed by atoms with Crippen LogP contribution in [0.2, 0.25) is 0 Å². The van der Waals surface area contributed by atoms with Gasteiger partial charge in [0.15, 0.2) is 9.84 Å². The van der Waals surface area contributed by atoms with Gasteiger partial charge in [-0.1, -0.05) is 0 Å². The van der Waals surface area contributed by atoms with Crippen LogP contribution >= 0.6 is 0 Å². The fourth-order valence-electron chi connectivity index (χ4n) is 3.98. The number of pyridine rings is 1. The van der Waals surface area contributed by atoms with Crippen LogP contribution in [0.3, 0.4) is 0 Å². The number of rotatable bonds is 3. The molecule has 1 amide bonds. The van der Waals surface area contributed by atoms with E-state index in [2.05, 4.69) is 9.88 Å². The molecule has 2 aliphatic heterocycles. The fourth-order valence-corrected chi connectivity index (χ4v) is 5.99. The van der Waals surface area contributed by atoms with Gasteiger partial charge in [-0.3, -0.25) is 14.7 Å². The van der Waals surface area contributed by atoms with E-state index < -0.39 is 9.84 Å². The van der Waals surface area contributed by atoms with E-state index in [0.717, 1.165) is 24.6 Å². The highest BCUT2D eigenvalue weighted by molar-refractivity contribution is 7.91. The molecule has 0 spiro atoms. The van der Waals surface area contributed by atoms with Gasteiger partial charge in [0.1, 0.15) is 0 Å². The summed E-state index contributed by atoms with van der Waals surface area (Å²) < 4.78 is 24.5. The summed E-state index contributed by atoms with van der Waals surface area (Å²) in [6.07, 6.45) is 5.76. The molecule has 130 valence electrons. The third kappa shape index (κ3) is 2.95. The van der Waals surface area contributed by atoms with E-state index in [9.17, 15) is 13.2 Å². The number of amides is 1. The molecule has 0 aromatic carbocycles. The third-order valence-electron chi connectivity index (χ3n) is 5.51. The molecule has 1 aliphatic carbocycles. The average molecular weight is 349 g/mol. The first-order valence-corrected chi connectivity index (χ1v) is 10.4. The van der Waals surface area contributed by atoms with Crippen molar-refractivity contribution in [2.45, 2.75) is 31.8 Å². The third-order valence-corrected chi connectivity index (χ3v) is 7.21. The maximum atomic E-state index is 13.0.